The summed E-state index contributed by atoms with van der Waals surface area (Å²) in [6, 6.07) is 12.1. The molecule has 0 radical (unpaired) electrons. The fraction of sp³-hybridized carbons (Fsp3) is 0.250. The molecule has 0 unspecified atom stereocenters. The lowest BCUT2D eigenvalue weighted by Crippen LogP contribution is -2.03. The van der Waals surface area contributed by atoms with Crippen LogP contribution in [0.25, 0.3) is 16.6 Å². The molecule has 0 spiro atoms. The van der Waals surface area contributed by atoms with E-state index >= 15 is 0 Å². The van der Waals surface area contributed by atoms with E-state index in [9.17, 15) is 5.11 Å². The number of pyridine rings is 1. The summed E-state index contributed by atoms with van der Waals surface area (Å²) in [7, 11) is 0. The number of fused-ring (bicyclic) bond motifs is 1. The van der Waals surface area contributed by atoms with Crippen molar-refractivity contribution in [2.75, 3.05) is 0 Å². The van der Waals surface area contributed by atoms with Crippen LogP contribution in [-0.2, 0) is 6.61 Å². The van der Waals surface area contributed by atoms with E-state index in [0.29, 0.717) is 11.6 Å². The third-order valence-corrected chi connectivity index (χ3v) is 3.76. The number of aliphatic hydroxyl groups is 1. The van der Waals surface area contributed by atoms with Gasteiger partial charge in [-0.25, -0.2) is 9.67 Å². The summed E-state index contributed by atoms with van der Waals surface area (Å²) in [5.74, 6) is 1.42. The molecule has 1 aromatic carbocycles. The number of nitrogens with zero attached hydrogens (tertiary/aromatic N) is 3. The Balaban J connectivity index is 1.91. The van der Waals surface area contributed by atoms with Gasteiger partial charge < -0.3 is 5.11 Å². The summed E-state index contributed by atoms with van der Waals surface area (Å²) in [5, 5.41) is 16.1. The number of rotatable bonds is 3. The van der Waals surface area contributed by atoms with Crippen molar-refractivity contribution in [2.24, 2.45) is 0 Å². The van der Waals surface area contributed by atoms with Crippen LogP contribution in [0.1, 0.15) is 30.1 Å². The summed E-state index contributed by atoms with van der Waals surface area (Å²) in [6.07, 6.45) is 4.44. The molecule has 4 heteroatoms. The first kappa shape index (κ1) is 11.6. The van der Waals surface area contributed by atoms with Gasteiger partial charge in [0.05, 0.1) is 18.0 Å². The Morgan fingerprint density at radius 3 is 2.85 bits per heavy atom. The van der Waals surface area contributed by atoms with Gasteiger partial charge in [0.15, 0.2) is 5.82 Å². The maximum Gasteiger partial charge on any atom is 0.161 e. The average Bonchev–Trinajstić information content (AvgIpc) is 3.24. The quantitative estimate of drug-likeness (QED) is 0.792. The molecular formula is C16H15N3O. The van der Waals surface area contributed by atoms with Gasteiger partial charge in [-0.05, 0) is 30.4 Å². The molecule has 0 bridgehead atoms. The Morgan fingerprint density at radius 2 is 2.05 bits per heavy atom. The van der Waals surface area contributed by atoms with Gasteiger partial charge in [-0.15, -0.1) is 0 Å². The lowest BCUT2D eigenvalue weighted by molar-refractivity contribution is 0.277. The smallest absolute Gasteiger partial charge is 0.161 e. The lowest BCUT2D eigenvalue weighted by Gasteiger charge is -2.08. The van der Waals surface area contributed by atoms with Crippen molar-refractivity contribution in [1.29, 1.82) is 0 Å². The first-order chi connectivity index (χ1) is 9.85. The van der Waals surface area contributed by atoms with Crippen LogP contribution in [0.5, 0.6) is 0 Å². The van der Waals surface area contributed by atoms with Crippen molar-refractivity contribution in [2.45, 2.75) is 25.4 Å². The van der Waals surface area contributed by atoms with Crippen LogP contribution < -0.4 is 0 Å². The molecule has 4 rings (SSSR count). The van der Waals surface area contributed by atoms with E-state index in [0.717, 1.165) is 22.3 Å². The van der Waals surface area contributed by atoms with E-state index in [4.69, 9.17) is 0 Å². The topological polar surface area (TPSA) is 50.9 Å². The highest BCUT2D eigenvalue weighted by atomic mass is 16.3. The van der Waals surface area contributed by atoms with Gasteiger partial charge in [0.2, 0.25) is 0 Å². The van der Waals surface area contributed by atoms with Gasteiger partial charge in [-0.3, -0.25) is 0 Å². The minimum atomic E-state index is -0.0609. The average molecular weight is 265 g/mol. The van der Waals surface area contributed by atoms with E-state index in [-0.39, 0.29) is 6.61 Å². The van der Waals surface area contributed by atoms with Crippen LogP contribution in [0.15, 0.2) is 42.6 Å². The molecule has 0 saturated heterocycles. The second-order valence-electron chi connectivity index (χ2n) is 5.28. The molecule has 2 heterocycles. The van der Waals surface area contributed by atoms with Crippen LogP contribution in [0, 0.1) is 0 Å². The zero-order valence-corrected chi connectivity index (χ0v) is 11.0. The number of hydrogen-bond acceptors (Lipinski definition) is 3. The SMILES string of the molecule is OCc1cc2ccccc2c(-n2ccc(C3CC3)n2)n1. The molecule has 0 amide bonds. The maximum absolute atomic E-state index is 9.38. The molecule has 4 nitrogen and oxygen atoms in total. The Hall–Kier alpha value is -2.20. The van der Waals surface area contributed by atoms with E-state index in [1.165, 1.54) is 12.8 Å². The standard InChI is InChI=1S/C16H15N3O/c20-10-13-9-12-3-1-2-4-14(12)16(17-13)19-8-7-15(18-19)11-5-6-11/h1-4,7-9,11,20H,5-6,10H2. The largest absolute Gasteiger partial charge is 0.390 e. The third-order valence-electron chi connectivity index (χ3n) is 3.76. The van der Waals surface area contributed by atoms with Gasteiger partial charge in [0.25, 0.3) is 0 Å². The monoisotopic (exact) mass is 265 g/mol. The summed E-state index contributed by atoms with van der Waals surface area (Å²) in [4.78, 5) is 4.53. The normalized spacial score (nSPS) is 14.8. The number of aromatic nitrogens is 3. The Kier molecular flexibility index (Phi) is 2.57. The molecule has 3 aromatic rings. The van der Waals surface area contributed by atoms with Gasteiger partial charge in [-0.1, -0.05) is 24.3 Å². The van der Waals surface area contributed by atoms with E-state index < -0.39 is 0 Å². The van der Waals surface area contributed by atoms with Gasteiger partial charge >= 0.3 is 0 Å². The van der Waals surface area contributed by atoms with Crippen molar-refractivity contribution >= 4 is 10.8 Å². The molecule has 100 valence electrons. The fourth-order valence-electron chi connectivity index (χ4n) is 2.54. The Morgan fingerprint density at radius 1 is 1.20 bits per heavy atom. The van der Waals surface area contributed by atoms with Crippen LogP contribution in [-0.4, -0.2) is 19.9 Å². The lowest BCUT2D eigenvalue weighted by atomic mass is 10.1. The third kappa shape index (κ3) is 1.89. The first-order valence-corrected chi connectivity index (χ1v) is 6.90. The van der Waals surface area contributed by atoms with Gasteiger partial charge in [0.1, 0.15) is 0 Å². The van der Waals surface area contributed by atoms with Crippen LogP contribution in [0.3, 0.4) is 0 Å². The van der Waals surface area contributed by atoms with Crippen LogP contribution in [0.2, 0.25) is 0 Å². The van der Waals surface area contributed by atoms with Crippen molar-refractivity contribution in [3.63, 3.8) is 0 Å². The van der Waals surface area contributed by atoms with Crippen LogP contribution >= 0.6 is 0 Å². The van der Waals surface area contributed by atoms with E-state index in [1.54, 1.807) is 0 Å². The molecule has 1 saturated carbocycles. The van der Waals surface area contributed by atoms with Crippen molar-refractivity contribution in [1.82, 2.24) is 14.8 Å². The van der Waals surface area contributed by atoms with Crippen molar-refractivity contribution in [3.8, 4) is 5.82 Å². The predicted molar refractivity (Wildman–Crippen MR) is 76.8 cm³/mol. The van der Waals surface area contributed by atoms with E-state index in [2.05, 4.69) is 16.1 Å². The maximum atomic E-state index is 9.38. The minimum absolute atomic E-state index is 0.0609. The molecule has 20 heavy (non-hydrogen) atoms. The van der Waals surface area contributed by atoms with Gasteiger partial charge in [0, 0.05) is 17.5 Å². The zero-order valence-electron chi connectivity index (χ0n) is 11.0. The molecule has 1 fully saturated rings. The first-order valence-electron chi connectivity index (χ1n) is 6.90. The van der Waals surface area contributed by atoms with Crippen molar-refractivity contribution < 1.29 is 5.11 Å². The summed E-state index contributed by atoms with van der Waals surface area (Å²) >= 11 is 0. The van der Waals surface area contributed by atoms with E-state index in [1.807, 2.05) is 41.2 Å². The summed E-state index contributed by atoms with van der Waals surface area (Å²) in [5.41, 5.74) is 1.81. The molecule has 0 atom stereocenters. The summed E-state index contributed by atoms with van der Waals surface area (Å²) in [6.45, 7) is -0.0609. The number of benzene rings is 1. The molecule has 2 aromatic heterocycles. The summed E-state index contributed by atoms with van der Waals surface area (Å²) < 4.78 is 1.83. The van der Waals surface area contributed by atoms with Crippen molar-refractivity contribution in [3.05, 3.63) is 54.0 Å². The molecular weight excluding hydrogens is 250 g/mol. The highest BCUT2D eigenvalue weighted by molar-refractivity contribution is 5.88. The molecule has 0 aliphatic heterocycles. The van der Waals surface area contributed by atoms with Crippen LogP contribution in [0.4, 0.5) is 0 Å². The fourth-order valence-corrected chi connectivity index (χ4v) is 2.54. The molecule has 1 aliphatic carbocycles. The highest BCUT2D eigenvalue weighted by Crippen LogP contribution is 2.39. The predicted octanol–water partition coefficient (Wildman–Crippen LogP) is 2.79. The highest BCUT2D eigenvalue weighted by Gasteiger charge is 2.26. The number of hydrogen-bond donors (Lipinski definition) is 1. The Bertz CT molecular complexity index is 774. The second-order valence-corrected chi connectivity index (χ2v) is 5.28. The second kappa shape index (κ2) is 4.42. The molecule has 1 aliphatic rings. The molecule has 1 N–H and O–H groups in total. The Labute approximate surface area is 116 Å². The van der Waals surface area contributed by atoms with Gasteiger partial charge in [-0.2, -0.15) is 5.10 Å². The minimum Gasteiger partial charge on any atom is -0.390 e. The zero-order chi connectivity index (χ0) is 13.5. The number of aliphatic hydroxyl groups excluding tert-OH is 1.